The third-order valence-corrected chi connectivity index (χ3v) is 2.49. The molecule has 1 unspecified atom stereocenters. The van der Waals surface area contributed by atoms with Gasteiger partial charge >= 0.3 is 0 Å². The van der Waals surface area contributed by atoms with E-state index >= 15 is 0 Å². The number of aliphatic hydroxyl groups is 1. The first-order chi connectivity index (χ1) is 7.61. The first-order valence-electron chi connectivity index (χ1n) is 5.77. The van der Waals surface area contributed by atoms with E-state index in [4.69, 9.17) is 4.74 Å². The fourth-order valence-corrected chi connectivity index (χ4v) is 1.66. The first kappa shape index (κ1) is 13.0. The lowest BCUT2D eigenvalue weighted by atomic mass is 9.95. The summed E-state index contributed by atoms with van der Waals surface area (Å²) in [7, 11) is 0. The second kappa shape index (κ2) is 5.87. The summed E-state index contributed by atoms with van der Waals surface area (Å²) in [5, 5.41) is 13.5. The molecule has 1 aromatic rings. The van der Waals surface area contributed by atoms with Crippen LogP contribution in [0.4, 0.5) is 0 Å². The molecule has 90 valence electrons. The van der Waals surface area contributed by atoms with Gasteiger partial charge in [-0.2, -0.15) is 0 Å². The Labute approximate surface area is 97.4 Å². The molecule has 0 aliphatic rings. The molecule has 2 N–H and O–H groups in total. The van der Waals surface area contributed by atoms with E-state index in [1.165, 1.54) is 0 Å². The maximum atomic E-state index is 10.4. The summed E-state index contributed by atoms with van der Waals surface area (Å²) < 4.78 is 5.52. The van der Waals surface area contributed by atoms with Gasteiger partial charge in [0.25, 0.3) is 0 Å². The molecule has 0 fully saturated rings. The molecule has 0 spiro atoms. The van der Waals surface area contributed by atoms with Gasteiger partial charge in [0.15, 0.2) is 0 Å². The highest BCUT2D eigenvalue weighted by Gasteiger charge is 2.25. The average Bonchev–Trinajstić information content (AvgIpc) is 2.27. The van der Waals surface area contributed by atoms with Crippen LogP contribution in [0.25, 0.3) is 0 Å². The maximum Gasteiger partial charge on any atom is 0.125 e. The van der Waals surface area contributed by atoms with Crippen LogP contribution in [0.15, 0.2) is 24.3 Å². The van der Waals surface area contributed by atoms with Crippen LogP contribution in [0.2, 0.25) is 0 Å². The number of ether oxygens (including phenoxy) is 1. The molecular weight excluding hydrogens is 202 g/mol. The molecular formula is C13H21NO2. The highest BCUT2D eigenvalue weighted by Crippen LogP contribution is 2.29. The van der Waals surface area contributed by atoms with E-state index in [1.54, 1.807) is 6.92 Å². The van der Waals surface area contributed by atoms with E-state index in [9.17, 15) is 5.11 Å². The zero-order chi connectivity index (χ0) is 12.0. The van der Waals surface area contributed by atoms with Crippen molar-refractivity contribution < 1.29 is 9.84 Å². The minimum absolute atomic E-state index is 0.521. The van der Waals surface area contributed by atoms with Crippen molar-refractivity contribution in [1.82, 2.24) is 5.32 Å². The lowest BCUT2D eigenvalue weighted by molar-refractivity contribution is 0.0544. The molecule has 0 heterocycles. The van der Waals surface area contributed by atoms with E-state index < -0.39 is 5.60 Å². The lowest BCUT2D eigenvalue weighted by Gasteiger charge is -2.26. The Morgan fingerprint density at radius 3 is 2.62 bits per heavy atom. The molecule has 0 saturated carbocycles. The lowest BCUT2D eigenvalue weighted by Crippen LogP contribution is -2.35. The standard InChI is InChI=1S/C13H21NO2/c1-4-14-10-13(3,15)11-8-6-7-9-12(11)16-5-2/h6-9,14-15H,4-5,10H2,1-3H3. The quantitative estimate of drug-likeness (QED) is 0.774. The topological polar surface area (TPSA) is 41.5 Å². The summed E-state index contributed by atoms with van der Waals surface area (Å²) in [6, 6.07) is 7.62. The minimum Gasteiger partial charge on any atom is -0.493 e. The van der Waals surface area contributed by atoms with E-state index in [0.29, 0.717) is 13.2 Å². The van der Waals surface area contributed by atoms with E-state index in [-0.39, 0.29) is 0 Å². The normalized spacial score (nSPS) is 14.5. The van der Waals surface area contributed by atoms with Crippen LogP contribution in [-0.4, -0.2) is 24.8 Å². The maximum absolute atomic E-state index is 10.4. The van der Waals surface area contributed by atoms with Crippen LogP contribution in [-0.2, 0) is 5.60 Å². The molecule has 16 heavy (non-hydrogen) atoms. The molecule has 0 aromatic heterocycles. The van der Waals surface area contributed by atoms with Gasteiger partial charge in [0.05, 0.1) is 6.61 Å². The van der Waals surface area contributed by atoms with Crippen molar-refractivity contribution in [2.75, 3.05) is 19.7 Å². The molecule has 0 aliphatic heterocycles. The van der Waals surface area contributed by atoms with Gasteiger partial charge in [-0.15, -0.1) is 0 Å². The number of rotatable bonds is 6. The zero-order valence-corrected chi connectivity index (χ0v) is 10.3. The summed E-state index contributed by atoms with van der Waals surface area (Å²) in [6.45, 7) is 7.72. The van der Waals surface area contributed by atoms with Crippen LogP contribution in [0, 0.1) is 0 Å². The van der Waals surface area contributed by atoms with Crippen molar-refractivity contribution in [2.24, 2.45) is 0 Å². The third kappa shape index (κ3) is 3.22. The van der Waals surface area contributed by atoms with Gasteiger partial charge in [-0.25, -0.2) is 0 Å². The largest absolute Gasteiger partial charge is 0.493 e. The number of hydrogen-bond acceptors (Lipinski definition) is 3. The van der Waals surface area contributed by atoms with Crippen molar-refractivity contribution in [3.8, 4) is 5.75 Å². The molecule has 3 heteroatoms. The van der Waals surface area contributed by atoms with E-state index in [2.05, 4.69) is 5.32 Å². The zero-order valence-electron chi connectivity index (χ0n) is 10.3. The van der Waals surface area contributed by atoms with Crippen LogP contribution in [0.5, 0.6) is 5.75 Å². The molecule has 1 rings (SSSR count). The number of nitrogens with one attached hydrogen (secondary N) is 1. The second-order valence-corrected chi connectivity index (χ2v) is 3.98. The molecule has 0 saturated heterocycles. The predicted octanol–water partition coefficient (Wildman–Crippen LogP) is 1.90. The van der Waals surface area contributed by atoms with Gasteiger partial charge in [-0.3, -0.25) is 0 Å². The first-order valence-corrected chi connectivity index (χ1v) is 5.77. The average molecular weight is 223 g/mol. The molecule has 3 nitrogen and oxygen atoms in total. The smallest absolute Gasteiger partial charge is 0.125 e. The highest BCUT2D eigenvalue weighted by atomic mass is 16.5. The van der Waals surface area contributed by atoms with Crippen LogP contribution in [0.1, 0.15) is 26.3 Å². The van der Waals surface area contributed by atoms with Crippen LogP contribution >= 0.6 is 0 Å². The summed E-state index contributed by atoms with van der Waals surface area (Å²) in [6.07, 6.45) is 0. The Hall–Kier alpha value is -1.06. The Bertz CT molecular complexity index is 323. The third-order valence-electron chi connectivity index (χ3n) is 2.49. The molecule has 0 aliphatic carbocycles. The molecule has 0 bridgehead atoms. The van der Waals surface area contributed by atoms with Gasteiger partial charge in [-0.05, 0) is 26.5 Å². The van der Waals surface area contributed by atoms with Gasteiger partial charge < -0.3 is 15.2 Å². The molecule has 1 atom stereocenters. The Morgan fingerprint density at radius 2 is 2.00 bits per heavy atom. The molecule has 0 radical (unpaired) electrons. The van der Waals surface area contributed by atoms with Gasteiger partial charge in [0.1, 0.15) is 11.4 Å². The van der Waals surface area contributed by atoms with Crippen molar-refractivity contribution in [1.29, 1.82) is 0 Å². The van der Waals surface area contributed by atoms with Crippen LogP contribution < -0.4 is 10.1 Å². The Balaban J connectivity index is 2.91. The number of likely N-dealkylation sites (N-methyl/N-ethyl adjacent to an activating group) is 1. The number of para-hydroxylation sites is 1. The van der Waals surface area contributed by atoms with Crippen molar-refractivity contribution in [3.05, 3.63) is 29.8 Å². The summed E-state index contributed by atoms with van der Waals surface area (Å²) in [4.78, 5) is 0. The van der Waals surface area contributed by atoms with E-state index in [1.807, 2.05) is 38.1 Å². The second-order valence-electron chi connectivity index (χ2n) is 3.98. The predicted molar refractivity (Wildman–Crippen MR) is 65.7 cm³/mol. The van der Waals surface area contributed by atoms with Gasteiger partial charge in [0, 0.05) is 12.1 Å². The molecule has 1 aromatic carbocycles. The number of benzene rings is 1. The number of hydrogen-bond donors (Lipinski definition) is 2. The minimum atomic E-state index is -0.901. The van der Waals surface area contributed by atoms with Crippen molar-refractivity contribution in [3.63, 3.8) is 0 Å². The van der Waals surface area contributed by atoms with Gasteiger partial charge in [0.2, 0.25) is 0 Å². The highest BCUT2D eigenvalue weighted by molar-refractivity contribution is 5.37. The summed E-state index contributed by atoms with van der Waals surface area (Å²) in [5.74, 6) is 0.757. The monoisotopic (exact) mass is 223 g/mol. The summed E-state index contributed by atoms with van der Waals surface area (Å²) in [5.41, 5.74) is -0.0697. The van der Waals surface area contributed by atoms with Crippen molar-refractivity contribution in [2.45, 2.75) is 26.4 Å². The van der Waals surface area contributed by atoms with Crippen molar-refractivity contribution >= 4 is 0 Å². The fraction of sp³-hybridized carbons (Fsp3) is 0.538. The fourth-order valence-electron chi connectivity index (χ4n) is 1.66. The SMILES string of the molecule is CCNCC(C)(O)c1ccccc1OCC. The Kier molecular flexibility index (Phi) is 4.77. The molecule has 0 amide bonds. The Morgan fingerprint density at radius 1 is 1.31 bits per heavy atom. The van der Waals surface area contributed by atoms with E-state index in [0.717, 1.165) is 17.9 Å². The van der Waals surface area contributed by atoms with Crippen LogP contribution in [0.3, 0.4) is 0 Å². The summed E-state index contributed by atoms with van der Waals surface area (Å²) >= 11 is 0. The van der Waals surface area contributed by atoms with Gasteiger partial charge in [-0.1, -0.05) is 25.1 Å².